The van der Waals surface area contributed by atoms with Gasteiger partial charge < -0.3 is 4.52 Å². The van der Waals surface area contributed by atoms with Gasteiger partial charge in [-0.15, -0.1) is 0 Å². The third-order valence-corrected chi connectivity index (χ3v) is 4.50. The van der Waals surface area contributed by atoms with Gasteiger partial charge in [-0.25, -0.2) is 0 Å². The summed E-state index contributed by atoms with van der Waals surface area (Å²) in [5.74, 6) is 0.0213. The molecule has 2 unspecified atom stereocenters. The van der Waals surface area contributed by atoms with Crippen LogP contribution in [0.3, 0.4) is 0 Å². The number of anilines is 1. The SMILES string of the molecule is Cc1cc(NC(=O)C(C)N2CCCC(n3ccc(C(F)(F)F)n3)C2)on1. The van der Waals surface area contributed by atoms with Crippen molar-refractivity contribution in [1.29, 1.82) is 0 Å². The Hall–Kier alpha value is -2.36. The number of carbonyl (C=O) groups excluding carboxylic acids is 1. The van der Waals surface area contributed by atoms with Crippen LogP contribution < -0.4 is 5.32 Å². The second kappa shape index (κ2) is 7.10. The van der Waals surface area contributed by atoms with E-state index in [4.69, 9.17) is 4.52 Å². The first-order chi connectivity index (χ1) is 12.2. The molecule has 0 radical (unpaired) electrons. The Kier molecular flexibility index (Phi) is 5.03. The first kappa shape index (κ1) is 18.4. The summed E-state index contributed by atoms with van der Waals surface area (Å²) in [6.07, 6.45) is -1.63. The van der Waals surface area contributed by atoms with Crippen molar-refractivity contribution in [2.75, 3.05) is 18.4 Å². The van der Waals surface area contributed by atoms with Gasteiger partial charge in [0.2, 0.25) is 11.8 Å². The van der Waals surface area contributed by atoms with Gasteiger partial charge in [-0.3, -0.25) is 19.7 Å². The zero-order valence-corrected chi connectivity index (χ0v) is 14.5. The van der Waals surface area contributed by atoms with Gasteiger partial charge >= 0.3 is 6.18 Å². The van der Waals surface area contributed by atoms with E-state index in [-0.39, 0.29) is 17.8 Å². The molecule has 7 nitrogen and oxygen atoms in total. The Morgan fingerprint density at radius 2 is 2.23 bits per heavy atom. The molecule has 3 heterocycles. The first-order valence-electron chi connectivity index (χ1n) is 8.34. The van der Waals surface area contributed by atoms with Crippen LogP contribution in [0.15, 0.2) is 22.9 Å². The van der Waals surface area contributed by atoms with Gasteiger partial charge in [-0.05, 0) is 39.3 Å². The van der Waals surface area contributed by atoms with Crippen LogP contribution in [0, 0.1) is 6.92 Å². The van der Waals surface area contributed by atoms with Crippen molar-refractivity contribution in [2.45, 2.75) is 44.9 Å². The zero-order chi connectivity index (χ0) is 18.9. The highest BCUT2D eigenvalue weighted by Crippen LogP contribution is 2.29. The molecular formula is C16H20F3N5O2. The minimum atomic E-state index is -4.46. The highest BCUT2D eigenvalue weighted by atomic mass is 19.4. The van der Waals surface area contributed by atoms with Gasteiger partial charge in [-0.2, -0.15) is 18.3 Å². The van der Waals surface area contributed by atoms with Gasteiger partial charge in [0.15, 0.2) is 5.69 Å². The molecule has 0 spiro atoms. The number of aryl methyl sites for hydroxylation is 1. The predicted molar refractivity (Wildman–Crippen MR) is 86.4 cm³/mol. The number of nitrogens with one attached hydrogen (secondary N) is 1. The highest BCUT2D eigenvalue weighted by Gasteiger charge is 2.35. The molecule has 10 heteroatoms. The number of aromatic nitrogens is 3. The van der Waals surface area contributed by atoms with Crippen LogP contribution in [0.2, 0.25) is 0 Å². The van der Waals surface area contributed by atoms with E-state index in [2.05, 4.69) is 15.6 Å². The average Bonchev–Trinajstić information content (AvgIpc) is 3.23. The van der Waals surface area contributed by atoms with E-state index in [9.17, 15) is 18.0 Å². The molecular weight excluding hydrogens is 351 g/mol. The summed E-state index contributed by atoms with van der Waals surface area (Å²) in [7, 11) is 0. The van der Waals surface area contributed by atoms with Crippen molar-refractivity contribution in [3.63, 3.8) is 0 Å². The normalized spacial score (nSPS) is 20.1. The quantitative estimate of drug-likeness (QED) is 0.894. The molecule has 2 aromatic rings. The molecule has 0 aromatic carbocycles. The summed E-state index contributed by atoms with van der Waals surface area (Å²) in [5.41, 5.74) is -0.244. The van der Waals surface area contributed by atoms with Gasteiger partial charge in [0, 0.05) is 18.8 Å². The van der Waals surface area contributed by atoms with E-state index < -0.39 is 17.9 Å². The molecule has 1 aliphatic rings. The number of amides is 1. The Bertz CT molecular complexity index is 770. The van der Waals surface area contributed by atoms with E-state index in [0.29, 0.717) is 25.2 Å². The number of likely N-dealkylation sites (tertiary alicyclic amines) is 1. The molecule has 2 aromatic heterocycles. The van der Waals surface area contributed by atoms with Gasteiger partial charge in [0.05, 0.1) is 17.8 Å². The Morgan fingerprint density at radius 3 is 2.85 bits per heavy atom. The van der Waals surface area contributed by atoms with Crippen LogP contribution in [-0.2, 0) is 11.0 Å². The van der Waals surface area contributed by atoms with E-state index in [1.54, 1.807) is 19.9 Å². The zero-order valence-electron chi connectivity index (χ0n) is 14.5. The smallest absolute Gasteiger partial charge is 0.338 e. The number of hydrogen-bond acceptors (Lipinski definition) is 5. The van der Waals surface area contributed by atoms with Crippen LogP contribution >= 0.6 is 0 Å². The van der Waals surface area contributed by atoms with E-state index in [1.165, 1.54) is 10.9 Å². The third-order valence-electron chi connectivity index (χ3n) is 4.50. The molecule has 1 saturated heterocycles. The summed E-state index contributed by atoms with van der Waals surface area (Å²) in [6.45, 7) is 4.64. The number of nitrogens with zero attached hydrogens (tertiary/aromatic N) is 4. The molecule has 26 heavy (non-hydrogen) atoms. The molecule has 0 saturated carbocycles. The van der Waals surface area contributed by atoms with E-state index in [0.717, 1.165) is 12.5 Å². The van der Waals surface area contributed by atoms with Crippen molar-refractivity contribution in [2.24, 2.45) is 0 Å². The molecule has 1 aliphatic heterocycles. The van der Waals surface area contributed by atoms with E-state index in [1.807, 2.05) is 4.90 Å². The molecule has 3 rings (SSSR count). The molecule has 1 fully saturated rings. The van der Waals surface area contributed by atoms with Crippen molar-refractivity contribution in [1.82, 2.24) is 19.8 Å². The van der Waals surface area contributed by atoms with Crippen molar-refractivity contribution in [3.8, 4) is 0 Å². The standard InChI is InChI=1S/C16H20F3N5O2/c1-10-8-14(26-22-10)20-15(25)11(2)23-6-3-4-12(9-23)24-7-5-13(21-24)16(17,18)19/h5,7-8,11-12H,3-4,6,9H2,1-2H3,(H,20,25). The monoisotopic (exact) mass is 371 g/mol. The van der Waals surface area contributed by atoms with Gasteiger partial charge in [-0.1, -0.05) is 5.16 Å². The topological polar surface area (TPSA) is 76.2 Å². The van der Waals surface area contributed by atoms with Crippen LogP contribution in [0.25, 0.3) is 0 Å². The number of carbonyl (C=O) groups is 1. The lowest BCUT2D eigenvalue weighted by molar-refractivity contribution is -0.141. The highest BCUT2D eigenvalue weighted by molar-refractivity contribution is 5.93. The Balaban J connectivity index is 1.64. The summed E-state index contributed by atoms with van der Waals surface area (Å²) >= 11 is 0. The molecule has 2 atom stereocenters. The largest absolute Gasteiger partial charge is 0.435 e. The Morgan fingerprint density at radius 1 is 1.46 bits per heavy atom. The summed E-state index contributed by atoms with van der Waals surface area (Å²) in [4.78, 5) is 14.3. The van der Waals surface area contributed by atoms with Crippen molar-refractivity contribution >= 4 is 11.8 Å². The minimum absolute atomic E-state index is 0.206. The maximum absolute atomic E-state index is 12.7. The Labute approximate surface area is 148 Å². The number of hydrogen-bond donors (Lipinski definition) is 1. The molecule has 1 N–H and O–H groups in total. The lowest BCUT2D eigenvalue weighted by atomic mass is 10.0. The second-order valence-electron chi connectivity index (χ2n) is 6.47. The predicted octanol–water partition coefficient (Wildman–Crippen LogP) is 2.86. The fourth-order valence-corrected chi connectivity index (χ4v) is 3.06. The van der Waals surface area contributed by atoms with Gasteiger partial charge in [0.1, 0.15) is 0 Å². The maximum Gasteiger partial charge on any atom is 0.435 e. The van der Waals surface area contributed by atoms with E-state index >= 15 is 0 Å². The first-order valence-corrected chi connectivity index (χ1v) is 8.34. The van der Waals surface area contributed by atoms with Crippen LogP contribution in [0.4, 0.5) is 19.1 Å². The maximum atomic E-state index is 12.7. The summed E-state index contributed by atoms with van der Waals surface area (Å²) < 4.78 is 44.5. The lowest BCUT2D eigenvalue weighted by Crippen LogP contribution is -2.47. The number of alkyl halides is 3. The average molecular weight is 371 g/mol. The third kappa shape index (κ3) is 4.06. The minimum Gasteiger partial charge on any atom is -0.338 e. The molecule has 0 aliphatic carbocycles. The number of halogens is 3. The number of rotatable bonds is 4. The summed E-state index contributed by atoms with van der Waals surface area (Å²) in [5, 5.41) is 10.0. The lowest BCUT2D eigenvalue weighted by Gasteiger charge is -2.36. The molecule has 1 amide bonds. The fraction of sp³-hybridized carbons (Fsp3) is 0.562. The summed E-state index contributed by atoms with van der Waals surface area (Å²) in [6, 6.07) is 1.93. The van der Waals surface area contributed by atoms with Crippen molar-refractivity contribution in [3.05, 3.63) is 29.7 Å². The van der Waals surface area contributed by atoms with Gasteiger partial charge in [0.25, 0.3) is 0 Å². The number of piperidine rings is 1. The molecule has 0 bridgehead atoms. The van der Waals surface area contributed by atoms with Crippen molar-refractivity contribution < 1.29 is 22.5 Å². The van der Waals surface area contributed by atoms with Crippen LogP contribution in [0.1, 0.15) is 37.2 Å². The fourth-order valence-electron chi connectivity index (χ4n) is 3.06. The van der Waals surface area contributed by atoms with Crippen LogP contribution in [0.5, 0.6) is 0 Å². The second-order valence-corrected chi connectivity index (χ2v) is 6.47. The van der Waals surface area contributed by atoms with Crippen LogP contribution in [-0.4, -0.2) is 44.9 Å². The molecule has 142 valence electrons.